The summed E-state index contributed by atoms with van der Waals surface area (Å²) >= 11 is 0. The molecule has 0 saturated heterocycles. The van der Waals surface area contributed by atoms with E-state index in [2.05, 4.69) is 4.84 Å². The number of amides is 2. The zero-order valence-electron chi connectivity index (χ0n) is 7.77. The van der Waals surface area contributed by atoms with Crippen LogP contribution in [-0.4, -0.2) is 23.5 Å². The van der Waals surface area contributed by atoms with Gasteiger partial charge in [-0.1, -0.05) is 6.07 Å². The fourth-order valence-corrected chi connectivity index (χ4v) is 0.879. The van der Waals surface area contributed by atoms with Gasteiger partial charge in [0.05, 0.1) is 0 Å². The van der Waals surface area contributed by atoms with E-state index in [1.807, 2.05) is 5.48 Å². The van der Waals surface area contributed by atoms with Crippen LogP contribution in [0.25, 0.3) is 0 Å². The number of hydrogen-bond donors (Lipinski definition) is 3. The van der Waals surface area contributed by atoms with Crippen molar-refractivity contribution < 1.29 is 19.5 Å². The first kappa shape index (κ1) is 11.0. The van der Waals surface area contributed by atoms with Gasteiger partial charge in [-0.05, 0) is 18.2 Å². The zero-order chi connectivity index (χ0) is 11.3. The van der Waals surface area contributed by atoms with Gasteiger partial charge in [-0.25, -0.2) is 5.48 Å². The second-order valence-corrected chi connectivity index (χ2v) is 2.74. The molecule has 6 heteroatoms. The number of nitrogens with one attached hydrogen (secondary N) is 1. The molecular formula is C9H10N2O4. The van der Waals surface area contributed by atoms with Gasteiger partial charge in [0.15, 0.2) is 6.61 Å². The second-order valence-electron chi connectivity index (χ2n) is 2.74. The lowest BCUT2D eigenvalue weighted by atomic mass is 10.2. The molecule has 0 aliphatic rings. The highest BCUT2D eigenvalue weighted by atomic mass is 16.7. The average molecular weight is 210 g/mol. The number of phenols is 1. The Morgan fingerprint density at radius 2 is 2.20 bits per heavy atom. The van der Waals surface area contributed by atoms with Crippen LogP contribution in [0, 0.1) is 0 Å². The van der Waals surface area contributed by atoms with Crippen LogP contribution < -0.4 is 11.2 Å². The van der Waals surface area contributed by atoms with Gasteiger partial charge in [0.2, 0.25) is 5.91 Å². The molecule has 0 saturated carbocycles. The number of phenolic OH excluding ortho intramolecular Hbond substituents is 1. The predicted molar refractivity (Wildman–Crippen MR) is 50.7 cm³/mol. The molecule has 0 bridgehead atoms. The molecule has 0 heterocycles. The van der Waals surface area contributed by atoms with E-state index in [1.165, 1.54) is 24.3 Å². The third-order valence-corrected chi connectivity index (χ3v) is 1.49. The zero-order valence-corrected chi connectivity index (χ0v) is 7.77. The summed E-state index contributed by atoms with van der Waals surface area (Å²) in [4.78, 5) is 26.1. The van der Waals surface area contributed by atoms with Gasteiger partial charge in [0.25, 0.3) is 5.91 Å². The van der Waals surface area contributed by atoms with Crippen molar-refractivity contribution in [2.24, 2.45) is 5.73 Å². The summed E-state index contributed by atoms with van der Waals surface area (Å²) in [6.45, 7) is -0.398. The highest BCUT2D eigenvalue weighted by molar-refractivity contribution is 5.93. The minimum atomic E-state index is -0.689. The molecule has 1 aromatic carbocycles. The Hall–Kier alpha value is -2.08. The van der Waals surface area contributed by atoms with Crippen molar-refractivity contribution in [3.8, 4) is 5.75 Å². The molecule has 0 fully saturated rings. The molecule has 2 amide bonds. The van der Waals surface area contributed by atoms with Crippen molar-refractivity contribution in [3.05, 3.63) is 29.8 Å². The van der Waals surface area contributed by atoms with Crippen LogP contribution in [0.2, 0.25) is 0 Å². The molecule has 1 rings (SSSR count). The molecular weight excluding hydrogens is 200 g/mol. The van der Waals surface area contributed by atoms with Crippen molar-refractivity contribution in [2.75, 3.05) is 6.61 Å². The molecule has 6 nitrogen and oxygen atoms in total. The molecule has 4 N–H and O–H groups in total. The van der Waals surface area contributed by atoms with Crippen molar-refractivity contribution in [1.82, 2.24) is 5.48 Å². The number of primary amides is 1. The van der Waals surface area contributed by atoms with Crippen molar-refractivity contribution >= 4 is 11.8 Å². The lowest BCUT2D eigenvalue weighted by molar-refractivity contribution is -0.124. The van der Waals surface area contributed by atoms with Crippen LogP contribution in [0.15, 0.2) is 24.3 Å². The topological polar surface area (TPSA) is 102 Å². The maximum Gasteiger partial charge on any atom is 0.274 e. The fourth-order valence-electron chi connectivity index (χ4n) is 0.879. The fraction of sp³-hybridized carbons (Fsp3) is 0.111. The summed E-state index contributed by atoms with van der Waals surface area (Å²) in [6, 6.07) is 5.70. The van der Waals surface area contributed by atoms with Gasteiger partial charge in [-0.15, -0.1) is 0 Å². The standard InChI is InChI=1S/C9H10N2O4/c10-8(13)5-15-11-9(14)6-2-1-3-7(12)4-6/h1-4,12H,5H2,(H2,10,13)(H,11,14). The lowest BCUT2D eigenvalue weighted by Crippen LogP contribution is -2.29. The van der Waals surface area contributed by atoms with E-state index >= 15 is 0 Å². The van der Waals surface area contributed by atoms with E-state index in [-0.39, 0.29) is 11.3 Å². The number of hydrogen-bond acceptors (Lipinski definition) is 4. The van der Waals surface area contributed by atoms with Gasteiger partial charge < -0.3 is 10.8 Å². The van der Waals surface area contributed by atoms with E-state index in [4.69, 9.17) is 10.8 Å². The van der Waals surface area contributed by atoms with Crippen LogP contribution in [0.4, 0.5) is 0 Å². The smallest absolute Gasteiger partial charge is 0.274 e. The van der Waals surface area contributed by atoms with Gasteiger partial charge in [0.1, 0.15) is 5.75 Å². The maximum absolute atomic E-state index is 11.3. The first-order chi connectivity index (χ1) is 7.09. The molecule has 0 radical (unpaired) electrons. The van der Waals surface area contributed by atoms with Crippen molar-refractivity contribution in [1.29, 1.82) is 0 Å². The quantitative estimate of drug-likeness (QED) is 0.585. The molecule has 0 spiro atoms. The largest absolute Gasteiger partial charge is 0.508 e. The van der Waals surface area contributed by atoms with E-state index in [0.717, 1.165) is 0 Å². The third-order valence-electron chi connectivity index (χ3n) is 1.49. The first-order valence-corrected chi connectivity index (χ1v) is 4.09. The number of carbonyl (C=O) groups is 2. The minimum Gasteiger partial charge on any atom is -0.508 e. The van der Waals surface area contributed by atoms with Crippen LogP contribution >= 0.6 is 0 Å². The normalized spacial score (nSPS) is 9.60. The van der Waals surface area contributed by atoms with Gasteiger partial charge >= 0.3 is 0 Å². The maximum atomic E-state index is 11.3. The molecule has 15 heavy (non-hydrogen) atoms. The average Bonchev–Trinajstić information content (AvgIpc) is 2.17. The molecule has 0 aliphatic carbocycles. The number of nitrogens with two attached hydrogens (primary N) is 1. The SMILES string of the molecule is NC(=O)CONC(=O)c1cccc(O)c1. The number of aromatic hydroxyl groups is 1. The molecule has 0 atom stereocenters. The Balaban J connectivity index is 2.50. The van der Waals surface area contributed by atoms with Crippen LogP contribution in [-0.2, 0) is 9.63 Å². The Morgan fingerprint density at radius 1 is 1.47 bits per heavy atom. The summed E-state index contributed by atoms with van der Waals surface area (Å²) < 4.78 is 0. The molecule has 0 aliphatic heterocycles. The minimum absolute atomic E-state index is 0.0300. The Morgan fingerprint density at radius 3 is 2.80 bits per heavy atom. The van der Waals surface area contributed by atoms with Gasteiger partial charge in [-0.2, -0.15) is 0 Å². The Kier molecular flexibility index (Phi) is 3.64. The highest BCUT2D eigenvalue weighted by Crippen LogP contribution is 2.10. The third kappa shape index (κ3) is 3.65. The van der Waals surface area contributed by atoms with E-state index in [1.54, 1.807) is 0 Å². The highest BCUT2D eigenvalue weighted by Gasteiger charge is 2.06. The van der Waals surface area contributed by atoms with Gasteiger partial charge in [-0.3, -0.25) is 14.4 Å². The van der Waals surface area contributed by atoms with E-state index < -0.39 is 18.4 Å². The molecule has 80 valence electrons. The first-order valence-electron chi connectivity index (χ1n) is 4.09. The Labute approximate surface area is 85.6 Å². The predicted octanol–water partition coefficient (Wildman–Crippen LogP) is -0.461. The number of rotatable bonds is 4. The number of hydroxylamine groups is 1. The molecule has 0 aromatic heterocycles. The van der Waals surface area contributed by atoms with Crippen LogP contribution in [0.3, 0.4) is 0 Å². The van der Waals surface area contributed by atoms with Crippen LogP contribution in [0.5, 0.6) is 5.75 Å². The Bertz CT molecular complexity index is 378. The summed E-state index contributed by atoms with van der Waals surface area (Å²) in [5, 5.41) is 9.08. The van der Waals surface area contributed by atoms with Gasteiger partial charge in [0, 0.05) is 5.56 Å². The monoisotopic (exact) mass is 210 g/mol. The summed E-state index contributed by atoms with van der Waals surface area (Å²) in [5.74, 6) is -1.28. The molecule has 1 aromatic rings. The lowest BCUT2D eigenvalue weighted by Gasteiger charge is -2.03. The summed E-state index contributed by atoms with van der Waals surface area (Å²) in [6.07, 6.45) is 0. The van der Waals surface area contributed by atoms with Crippen LogP contribution in [0.1, 0.15) is 10.4 Å². The summed E-state index contributed by atoms with van der Waals surface area (Å²) in [7, 11) is 0. The van der Waals surface area contributed by atoms with Crippen molar-refractivity contribution in [2.45, 2.75) is 0 Å². The van der Waals surface area contributed by atoms with E-state index in [9.17, 15) is 9.59 Å². The number of carbonyl (C=O) groups excluding carboxylic acids is 2. The van der Waals surface area contributed by atoms with Crippen molar-refractivity contribution in [3.63, 3.8) is 0 Å². The number of benzene rings is 1. The molecule has 0 unspecified atom stereocenters. The van der Waals surface area contributed by atoms with E-state index in [0.29, 0.717) is 0 Å². The summed E-state index contributed by atoms with van der Waals surface area (Å²) in [5.41, 5.74) is 7.01. The second kappa shape index (κ2) is 4.97.